The van der Waals surface area contributed by atoms with Crippen LogP contribution in [0.3, 0.4) is 0 Å². The van der Waals surface area contributed by atoms with Gasteiger partial charge < -0.3 is 4.98 Å². The summed E-state index contributed by atoms with van der Waals surface area (Å²) in [5, 5.41) is 9.03. The Morgan fingerprint density at radius 1 is 1.33 bits per heavy atom. The summed E-state index contributed by atoms with van der Waals surface area (Å²) in [7, 11) is 0. The van der Waals surface area contributed by atoms with E-state index in [1.807, 2.05) is 6.07 Å². The van der Waals surface area contributed by atoms with Crippen molar-refractivity contribution < 1.29 is 4.39 Å². The van der Waals surface area contributed by atoms with Gasteiger partial charge in [-0.25, -0.2) is 4.39 Å². The molecule has 1 heterocycles. The van der Waals surface area contributed by atoms with Gasteiger partial charge in [0, 0.05) is 21.3 Å². The highest BCUT2D eigenvalue weighted by Gasteiger charge is 2.13. The maximum atomic E-state index is 13.3. The normalized spacial score (nSPS) is 10.1. The number of aromatic nitrogens is 1. The Morgan fingerprint density at radius 2 is 2.06 bits per heavy atom. The van der Waals surface area contributed by atoms with E-state index in [2.05, 4.69) is 20.9 Å². The van der Waals surface area contributed by atoms with Crippen LogP contribution in [0.1, 0.15) is 11.3 Å². The third-order valence-corrected chi connectivity index (χ3v) is 3.19. The summed E-state index contributed by atoms with van der Waals surface area (Å²) in [4.78, 5) is 14.2. The second-order valence-electron chi connectivity index (χ2n) is 3.81. The second kappa shape index (κ2) is 4.75. The predicted molar refractivity (Wildman–Crippen MR) is 69.6 cm³/mol. The van der Waals surface area contributed by atoms with Gasteiger partial charge in [-0.15, -0.1) is 0 Å². The van der Waals surface area contributed by atoms with E-state index in [1.54, 1.807) is 19.1 Å². The molecule has 1 aromatic heterocycles. The van der Waals surface area contributed by atoms with E-state index in [0.29, 0.717) is 21.3 Å². The number of hydrogen-bond donors (Lipinski definition) is 1. The molecule has 0 bridgehead atoms. The Hall–Kier alpha value is -1.93. The number of pyridine rings is 1. The smallest absolute Gasteiger partial charge is 0.266 e. The zero-order chi connectivity index (χ0) is 13.3. The fourth-order valence-corrected chi connectivity index (χ4v) is 2.18. The second-order valence-corrected chi connectivity index (χ2v) is 4.66. The fourth-order valence-electron chi connectivity index (χ4n) is 1.72. The molecule has 1 aromatic carbocycles. The molecule has 1 N–H and O–H groups in total. The standard InChI is InChI=1S/C13H8BrFN2O/c1-7-4-9(11(6-16)13(18)17-7)10-5-8(15)2-3-12(10)14/h2-5H,1H3,(H,17,18). The summed E-state index contributed by atoms with van der Waals surface area (Å²) in [5.74, 6) is -0.421. The van der Waals surface area contributed by atoms with Gasteiger partial charge in [0.1, 0.15) is 17.4 Å². The molecule has 18 heavy (non-hydrogen) atoms. The number of nitrogens with zero attached hydrogens (tertiary/aromatic N) is 1. The summed E-state index contributed by atoms with van der Waals surface area (Å²) in [6.45, 7) is 1.71. The summed E-state index contributed by atoms with van der Waals surface area (Å²) < 4.78 is 13.9. The Balaban J connectivity index is 2.83. The summed E-state index contributed by atoms with van der Waals surface area (Å²) in [5.41, 5.74) is 1.03. The molecule has 0 saturated carbocycles. The number of nitriles is 1. The van der Waals surface area contributed by atoms with Gasteiger partial charge in [-0.2, -0.15) is 5.26 Å². The van der Waals surface area contributed by atoms with Crippen LogP contribution in [-0.4, -0.2) is 4.98 Å². The summed E-state index contributed by atoms with van der Waals surface area (Å²) >= 11 is 3.29. The lowest BCUT2D eigenvalue weighted by molar-refractivity contribution is 0.628. The quantitative estimate of drug-likeness (QED) is 0.880. The molecule has 0 unspecified atom stereocenters. The Morgan fingerprint density at radius 3 is 2.72 bits per heavy atom. The average Bonchev–Trinajstić information content (AvgIpc) is 2.31. The fraction of sp³-hybridized carbons (Fsp3) is 0.0769. The first kappa shape index (κ1) is 12.5. The van der Waals surface area contributed by atoms with E-state index in [4.69, 9.17) is 5.26 Å². The van der Waals surface area contributed by atoms with Gasteiger partial charge in [0.25, 0.3) is 5.56 Å². The predicted octanol–water partition coefficient (Wildman–Crippen LogP) is 3.12. The van der Waals surface area contributed by atoms with Gasteiger partial charge in [-0.3, -0.25) is 4.79 Å². The number of halogens is 2. The van der Waals surface area contributed by atoms with Crippen molar-refractivity contribution in [2.24, 2.45) is 0 Å². The van der Waals surface area contributed by atoms with Crippen molar-refractivity contribution in [3.8, 4) is 17.2 Å². The molecule has 0 saturated heterocycles. The van der Waals surface area contributed by atoms with Crippen LogP contribution in [0, 0.1) is 24.1 Å². The van der Waals surface area contributed by atoms with E-state index in [-0.39, 0.29) is 5.56 Å². The molecule has 0 amide bonds. The van der Waals surface area contributed by atoms with Crippen molar-refractivity contribution in [1.82, 2.24) is 4.98 Å². The van der Waals surface area contributed by atoms with Crippen LogP contribution in [0.2, 0.25) is 0 Å². The Bertz CT molecular complexity index is 716. The SMILES string of the molecule is Cc1cc(-c2cc(F)ccc2Br)c(C#N)c(=O)[nH]1. The van der Waals surface area contributed by atoms with E-state index in [1.165, 1.54) is 12.1 Å². The lowest BCUT2D eigenvalue weighted by Crippen LogP contribution is -2.12. The zero-order valence-corrected chi connectivity index (χ0v) is 11.0. The number of nitrogens with one attached hydrogen (secondary N) is 1. The molecule has 0 atom stereocenters. The third-order valence-electron chi connectivity index (χ3n) is 2.50. The molecule has 0 aliphatic rings. The Kier molecular flexibility index (Phi) is 3.30. The molecule has 5 heteroatoms. The first-order chi connectivity index (χ1) is 8.52. The first-order valence-corrected chi connectivity index (χ1v) is 5.91. The van der Waals surface area contributed by atoms with Gasteiger partial charge in [0.05, 0.1) is 0 Å². The highest BCUT2D eigenvalue weighted by atomic mass is 79.9. The summed E-state index contributed by atoms with van der Waals surface area (Å²) in [6.07, 6.45) is 0. The van der Waals surface area contributed by atoms with Gasteiger partial charge in [-0.05, 0) is 31.2 Å². The molecule has 0 fully saturated rings. The van der Waals surface area contributed by atoms with E-state index >= 15 is 0 Å². The van der Waals surface area contributed by atoms with Gasteiger partial charge >= 0.3 is 0 Å². The van der Waals surface area contributed by atoms with Gasteiger partial charge in [0.2, 0.25) is 0 Å². The molecule has 3 nitrogen and oxygen atoms in total. The van der Waals surface area contributed by atoms with Crippen LogP contribution in [0.4, 0.5) is 4.39 Å². The first-order valence-electron chi connectivity index (χ1n) is 5.12. The molecule has 2 aromatic rings. The highest BCUT2D eigenvalue weighted by Crippen LogP contribution is 2.30. The van der Waals surface area contributed by atoms with Crippen molar-refractivity contribution in [3.05, 3.63) is 56.2 Å². The topological polar surface area (TPSA) is 56.6 Å². The molecule has 2 rings (SSSR count). The lowest BCUT2D eigenvalue weighted by atomic mass is 10.0. The number of benzene rings is 1. The van der Waals surface area contributed by atoms with Gasteiger partial charge in [-0.1, -0.05) is 15.9 Å². The number of H-pyrrole nitrogens is 1. The number of hydrogen-bond acceptors (Lipinski definition) is 2. The van der Waals surface area contributed by atoms with Crippen LogP contribution < -0.4 is 5.56 Å². The minimum absolute atomic E-state index is 0.0214. The average molecular weight is 307 g/mol. The third kappa shape index (κ3) is 2.20. The van der Waals surface area contributed by atoms with E-state index < -0.39 is 11.4 Å². The van der Waals surface area contributed by atoms with Crippen LogP contribution in [0.15, 0.2) is 33.5 Å². The monoisotopic (exact) mass is 306 g/mol. The van der Waals surface area contributed by atoms with Crippen molar-refractivity contribution >= 4 is 15.9 Å². The minimum atomic E-state index is -0.469. The molecule has 0 spiro atoms. The van der Waals surface area contributed by atoms with Crippen LogP contribution in [0.25, 0.3) is 11.1 Å². The molecular weight excluding hydrogens is 299 g/mol. The van der Waals surface area contributed by atoms with Crippen LogP contribution >= 0.6 is 15.9 Å². The van der Waals surface area contributed by atoms with Crippen molar-refractivity contribution in [2.75, 3.05) is 0 Å². The van der Waals surface area contributed by atoms with E-state index in [0.717, 1.165) is 0 Å². The molecule has 90 valence electrons. The molecular formula is C13H8BrFN2O. The minimum Gasteiger partial charge on any atom is -0.325 e. The van der Waals surface area contributed by atoms with Crippen molar-refractivity contribution in [2.45, 2.75) is 6.92 Å². The van der Waals surface area contributed by atoms with Crippen LogP contribution in [-0.2, 0) is 0 Å². The lowest BCUT2D eigenvalue weighted by Gasteiger charge is -2.07. The molecule has 0 radical (unpaired) electrons. The number of aromatic amines is 1. The maximum absolute atomic E-state index is 13.3. The van der Waals surface area contributed by atoms with Crippen LogP contribution in [0.5, 0.6) is 0 Å². The number of aryl methyl sites for hydroxylation is 1. The zero-order valence-electron chi connectivity index (χ0n) is 9.42. The Labute approximate surface area is 111 Å². The maximum Gasteiger partial charge on any atom is 0.266 e. The largest absolute Gasteiger partial charge is 0.325 e. The summed E-state index contributed by atoms with van der Waals surface area (Å²) in [6, 6.07) is 7.64. The molecule has 0 aliphatic carbocycles. The van der Waals surface area contributed by atoms with Crippen molar-refractivity contribution in [3.63, 3.8) is 0 Å². The number of rotatable bonds is 1. The highest BCUT2D eigenvalue weighted by molar-refractivity contribution is 9.10. The van der Waals surface area contributed by atoms with E-state index in [9.17, 15) is 9.18 Å². The van der Waals surface area contributed by atoms with Gasteiger partial charge in [0.15, 0.2) is 0 Å². The molecule has 0 aliphatic heterocycles. The van der Waals surface area contributed by atoms with Crippen molar-refractivity contribution in [1.29, 1.82) is 5.26 Å².